The van der Waals surface area contributed by atoms with Gasteiger partial charge in [0.1, 0.15) is 0 Å². The molecule has 0 radical (unpaired) electrons. The Morgan fingerprint density at radius 2 is 1.62 bits per heavy atom. The zero-order chi connectivity index (χ0) is 11.4. The first-order valence-electron chi connectivity index (χ1n) is 5.43. The number of hydrogen-bond donors (Lipinski definition) is 1. The zero-order valence-corrected chi connectivity index (χ0v) is 9.35. The van der Waals surface area contributed by atoms with Crippen molar-refractivity contribution in [3.05, 3.63) is 47.8 Å². The molecule has 0 unspecified atom stereocenters. The largest absolute Gasteiger partial charge is 0.326 e. The second kappa shape index (κ2) is 4.86. The van der Waals surface area contributed by atoms with Gasteiger partial charge in [0.15, 0.2) is 5.82 Å². The zero-order valence-electron chi connectivity index (χ0n) is 9.35. The molecule has 16 heavy (non-hydrogen) atoms. The lowest BCUT2D eigenvalue weighted by Gasteiger charge is -2.02. The predicted octanol–water partition coefficient (Wildman–Crippen LogP) is 2.16. The normalized spacial score (nSPS) is 10.4. The Kier molecular flexibility index (Phi) is 3.27. The molecule has 3 nitrogen and oxygen atoms in total. The van der Waals surface area contributed by atoms with Gasteiger partial charge in [-0.05, 0) is 12.0 Å². The Labute approximate surface area is 95.4 Å². The van der Waals surface area contributed by atoms with E-state index < -0.39 is 0 Å². The lowest BCUT2D eigenvalue weighted by Crippen LogP contribution is -1.99. The third-order valence-electron chi connectivity index (χ3n) is 2.56. The molecule has 0 bridgehead atoms. The van der Waals surface area contributed by atoms with Crippen LogP contribution in [0, 0.1) is 0 Å². The van der Waals surface area contributed by atoms with Gasteiger partial charge in [-0.2, -0.15) is 0 Å². The van der Waals surface area contributed by atoms with Gasteiger partial charge in [-0.25, -0.2) is 9.97 Å². The van der Waals surface area contributed by atoms with Crippen LogP contribution in [0.3, 0.4) is 0 Å². The molecule has 3 heteroatoms. The Morgan fingerprint density at radius 3 is 2.12 bits per heavy atom. The van der Waals surface area contributed by atoms with Crippen molar-refractivity contribution in [3.63, 3.8) is 0 Å². The van der Waals surface area contributed by atoms with Gasteiger partial charge in [0.2, 0.25) is 0 Å². The first kappa shape index (κ1) is 10.8. The predicted molar refractivity (Wildman–Crippen MR) is 64.7 cm³/mol. The van der Waals surface area contributed by atoms with Crippen molar-refractivity contribution in [2.24, 2.45) is 5.73 Å². The van der Waals surface area contributed by atoms with Crippen LogP contribution in [0.25, 0.3) is 11.4 Å². The third-order valence-corrected chi connectivity index (χ3v) is 2.56. The molecule has 0 saturated carbocycles. The summed E-state index contributed by atoms with van der Waals surface area (Å²) in [5.74, 6) is 0.750. The highest BCUT2D eigenvalue weighted by atomic mass is 14.9. The molecule has 0 amide bonds. The van der Waals surface area contributed by atoms with Crippen LogP contribution in [-0.4, -0.2) is 9.97 Å². The molecular formula is C13H15N3. The fraction of sp³-hybridized carbons (Fsp3) is 0.231. The molecule has 82 valence electrons. The van der Waals surface area contributed by atoms with Gasteiger partial charge in [-0.1, -0.05) is 31.2 Å². The fourth-order valence-electron chi connectivity index (χ4n) is 1.50. The van der Waals surface area contributed by atoms with Crippen LogP contribution in [0.4, 0.5) is 0 Å². The van der Waals surface area contributed by atoms with Crippen molar-refractivity contribution in [2.75, 3.05) is 0 Å². The van der Waals surface area contributed by atoms with Crippen LogP contribution in [0.2, 0.25) is 0 Å². The molecule has 0 atom stereocenters. The molecule has 1 heterocycles. The van der Waals surface area contributed by atoms with Crippen LogP contribution >= 0.6 is 0 Å². The Hall–Kier alpha value is -1.74. The van der Waals surface area contributed by atoms with E-state index in [-0.39, 0.29) is 0 Å². The van der Waals surface area contributed by atoms with E-state index in [1.54, 1.807) is 12.4 Å². The summed E-state index contributed by atoms with van der Waals surface area (Å²) in [6.45, 7) is 2.62. The second-order valence-electron chi connectivity index (χ2n) is 3.67. The van der Waals surface area contributed by atoms with Crippen LogP contribution in [-0.2, 0) is 13.0 Å². The topological polar surface area (TPSA) is 51.8 Å². The first-order chi connectivity index (χ1) is 7.83. The fourth-order valence-corrected chi connectivity index (χ4v) is 1.50. The lowest BCUT2D eigenvalue weighted by molar-refractivity contribution is 1.01. The highest BCUT2D eigenvalue weighted by molar-refractivity contribution is 5.55. The Balaban J connectivity index is 2.28. The van der Waals surface area contributed by atoms with Crippen molar-refractivity contribution < 1.29 is 0 Å². The maximum absolute atomic E-state index is 5.50. The van der Waals surface area contributed by atoms with E-state index in [0.717, 1.165) is 23.4 Å². The monoisotopic (exact) mass is 213 g/mol. The molecule has 2 aromatic rings. The molecule has 2 N–H and O–H groups in total. The summed E-state index contributed by atoms with van der Waals surface area (Å²) in [6.07, 6.45) is 4.60. The molecule has 1 aromatic carbocycles. The van der Waals surface area contributed by atoms with Crippen molar-refractivity contribution >= 4 is 0 Å². The van der Waals surface area contributed by atoms with Gasteiger partial charge in [0.25, 0.3) is 0 Å². The molecule has 0 saturated heterocycles. The van der Waals surface area contributed by atoms with E-state index in [9.17, 15) is 0 Å². The third kappa shape index (κ3) is 2.25. The van der Waals surface area contributed by atoms with Crippen molar-refractivity contribution in [1.82, 2.24) is 9.97 Å². The standard InChI is InChI=1S/C13H15N3/c1-2-10-3-5-12(6-4-10)13-15-8-11(7-14)9-16-13/h3-6,8-9H,2,7,14H2,1H3. The first-order valence-corrected chi connectivity index (χ1v) is 5.43. The molecule has 0 aliphatic carbocycles. The van der Waals surface area contributed by atoms with E-state index in [1.807, 2.05) is 0 Å². The molecule has 2 rings (SSSR count). The van der Waals surface area contributed by atoms with E-state index in [1.165, 1.54) is 5.56 Å². The minimum atomic E-state index is 0.481. The lowest BCUT2D eigenvalue weighted by atomic mass is 10.1. The van der Waals surface area contributed by atoms with Gasteiger partial charge in [0, 0.05) is 30.1 Å². The smallest absolute Gasteiger partial charge is 0.159 e. The quantitative estimate of drug-likeness (QED) is 0.850. The van der Waals surface area contributed by atoms with Crippen LogP contribution in [0.5, 0.6) is 0 Å². The van der Waals surface area contributed by atoms with E-state index in [0.29, 0.717) is 6.54 Å². The highest BCUT2D eigenvalue weighted by Crippen LogP contribution is 2.15. The summed E-state index contributed by atoms with van der Waals surface area (Å²) >= 11 is 0. The molecule has 0 fully saturated rings. The number of hydrogen-bond acceptors (Lipinski definition) is 3. The molecule has 0 aliphatic heterocycles. The average Bonchev–Trinajstić information content (AvgIpc) is 2.39. The number of rotatable bonds is 3. The van der Waals surface area contributed by atoms with Crippen LogP contribution in [0.1, 0.15) is 18.1 Å². The van der Waals surface area contributed by atoms with Crippen molar-refractivity contribution in [3.8, 4) is 11.4 Å². The van der Waals surface area contributed by atoms with Gasteiger partial charge in [-0.3, -0.25) is 0 Å². The van der Waals surface area contributed by atoms with Gasteiger partial charge in [0.05, 0.1) is 0 Å². The van der Waals surface area contributed by atoms with Gasteiger partial charge in [-0.15, -0.1) is 0 Å². The number of nitrogens with two attached hydrogens (primary N) is 1. The molecule has 0 spiro atoms. The maximum atomic E-state index is 5.50. The summed E-state index contributed by atoms with van der Waals surface area (Å²) in [4.78, 5) is 8.57. The van der Waals surface area contributed by atoms with Crippen LogP contribution < -0.4 is 5.73 Å². The number of benzene rings is 1. The maximum Gasteiger partial charge on any atom is 0.159 e. The molecular weight excluding hydrogens is 198 g/mol. The number of aryl methyl sites for hydroxylation is 1. The number of aromatic nitrogens is 2. The van der Waals surface area contributed by atoms with Gasteiger partial charge < -0.3 is 5.73 Å². The minimum Gasteiger partial charge on any atom is -0.326 e. The summed E-state index contributed by atoms with van der Waals surface area (Å²) in [5, 5.41) is 0. The summed E-state index contributed by atoms with van der Waals surface area (Å²) < 4.78 is 0. The summed E-state index contributed by atoms with van der Waals surface area (Å²) in [7, 11) is 0. The minimum absolute atomic E-state index is 0.481. The van der Waals surface area contributed by atoms with Crippen molar-refractivity contribution in [2.45, 2.75) is 19.9 Å². The van der Waals surface area contributed by atoms with E-state index in [2.05, 4.69) is 41.2 Å². The molecule has 1 aromatic heterocycles. The molecule has 0 aliphatic rings. The van der Waals surface area contributed by atoms with Crippen LogP contribution in [0.15, 0.2) is 36.7 Å². The van der Waals surface area contributed by atoms with E-state index in [4.69, 9.17) is 5.73 Å². The summed E-state index contributed by atoms with van der Waals surface area (Å²) in [5.41, 5.74) is 8.81. The average molecular weight is 213 g/mol. The number of nitrogens with zero attached hydrogens (tertiary/aromatic N) is 2. The SMILES string of the molecule is CCc1ccc(-c2ncc(CN)cn2)cc1. The summed E-state index contributed by atoms with van der Waals surface area (Å²) in [6, 6.07) is 8.32. The highest BCUT2D eigenvalue weighted by Gasteiger charge is 2.00. The van der Waals surface area contributed by atoms with Gasteiger partial charge >= 0.3 is 0 Å². The van der Waals surface area contributed by atoms with Crippen molar-refractivity contribution in [1.29, 1.82) is 0 Å². The Bertz CT molecular complexity index is 400. The second-order valence-corrected chi connectivity index (χ2v) is 3.67. The Morgan fingerprint density at radius 1 is 1.00 bits per heavy atom. The van der Waals surface area contributed by atoms with E-state index >= 15 is 0 Å².